The normalized spacial score (nSPS) is 52.8. The third-order valence-electron chi connectivity index (χ3n) is 18.9. The highest BCUT2D eigenvalue weighted by Crippen LogP contribution is 2.76. The lowest BCUT2D eigenvalue weighted by molar-refractivity contribution is -0.392. The van der Waals surface area contributed by atoms with E-state index in [0.29, 0.717) is 19.3 Å². The summed E-state index contributed by atoms with van der Waals surface area (Å²) in [5.74, 6) is -1.95. The standard InChI is InChI=1S/C47H74O18/c1-42(2)14-16-47(41(58)59)17-15-45(6)21(22(47)18-42)8-9-26-44(5)12-11-27(43(3,4)25(44)10-13-46(26,45)7)62-40-36(65-39-32(54)30(52)29(51)24(19-48)61-39)34(33(55)35(64-40)37(56)57)63-38-31(53)28(50)23(49)20-60-38/h8,22-36,38-40,48-55H,9-20H2,1-7H3,(H,56,57)(H,58,59)/t22-,23-,24+,25-,26+,27-,28-,29+,30-,31+,32+,33-,34-,35-,36+,38-,39-,40+,44-,45+,46+,47-/m0/s1. The molecule has 0 amide bonds. The summed E-state index contributed by atoms with van der Waals surface area (Å²) >= 11 is 0. The predicted molar refractivity (Wildman–Crippen MR) is 225 cm³/mol. The average Bonchev–Trinajstić information content (AvgIpc) is 3.23. The smallest absolute Gasteiger partial charge is 0.335 e. The molecule has 0 radical (unpaired) electrons. The van der Waals surface area contributed by atoms with E-state index < -0.39 is 128 Å². The van der Waals surface area contributed by atoms with E-state index in [1.807, 2.05) is 0 Å². The third kappa shape index (κ3) is 7.76. The molecule has 18 heteroatoms. The maximum atomic E-state index is 13.2. The van der Waals surface area contributed by atoms with Gasteiger partial charge in [-0.3, -0.25) is 4.79 Å². The second-order valence-corrected chi connectivity index (χ2v) is 23.1. The maximum absolute atomic E-state index is 13.2. The molecule has 18 nitrogen and oxygen atoms in total. The fraction of sp³-hybridized carbons (Fsp3) is 0.915. The molecule has 22 atom stereocenters. The number of hydrogen-bond acceptors (Lipinski definition) is 16. The maximum Gasteiger partial charge on any atom is 0.335 e. The van der Waals surface area contributed by atoms with Crippen LogP contribution in [-0.2, 0) is 38.0 Å². The van der Waals surface area contributed by atoms with Crippen molar-refractivity contribution in [3.63, 3.8) is 0 Å². The van der Waals surface area contributed by atoms with Crippen LogP contribution in [0, 0.1) is 50.2 Å². The Morgan fingerprint density at radius 2 is 1.35 bits per heavy atom. The number of allylic oxidation sites excluding steroid dienone is 2. The molecule has 7 fully saturated rings. The highest BCUT2D eigenvalue weighted by atomic mass is 16.8. The SMILES string of the molecule is CC1(C)CC[C@]2(C(=O)O)CC[C@]3(C)C(=CC[C@@H]4[C@@]5(C)CC[C@H](O[C@@H]6O[C@H](C(=O)O)[C@@H](O)[C@H](O[C@@H]7OC[C@H](O)[C@H](O)[C@H]7O)[C@H]6O[C@@H]6O[C@H](CO)[C@@H](O)[C@H](O)[C@H]6O)C(C)(C)[C@@H]5CC[C@]43C)[C@@H]2C1. The van der Waals surface area contributed by atoms with Crippen LogP contribution in [0.2, 0.25) is 0 Å². The zero-order chi connectivity index (χ0) is 47.6. The summed E-state index contributed by atoms with van der Waals surface area (Å²) < 4.78 is 36.3. The number of carbonyl (C=O) groups is 2. The minimum Gasteiger partial charge on any atom is -0.481 e. The Morgan fingerprint density at radius 3 is 2.02 bits per heavy atom. The fourth-order valence-electron chi connectivity index (χ4n) is 14.8. The average molecular weight is 927 g/mol. The summed E-state index contributed by atoms with van der Waals surface area (Å²) in [5, 5.41) is 106. The number of rotatable bonds is 9. The van der Waals surface area contributed by atoms with Gasteiger partial charge in [0.15, 0.2) is 25.0 Å². The van der Waals surface area contributed by atoms with Gasteiger partial charge in [-0.25, -0.2) is 4.79 Å². The molecular weight excluding hydrogens is 852 g/mol. The van der Waals surface area contributed by atoms with Crippen molar-refractivity contribution in [3.05, 3.63) is 11.6 Å². The first-order valence-corrected chi connectivity index (χ1v) is 23.7. The molecule has 370 valence electrons. The van der Waals surface area contributed by atoms with E-state index in [-0.39, 0.29) is 39.4 Å². The van der Waals surface area contributed by atoms with Gasteiger partial charge in [0.25, 0.3) is 0 Å². The molecule has 65 heavy (non-hydrogen) atoms. The van der Waals surface area contributed by atoms with E-state index in [1.165, 1.54) is 5.57 Å². The minimum absolute atomic E-state index is 0.0226. The number of carboxylic acids is 2. The first-order chi connectivity index (χ1) is 30.3. The molecule has 0 aromatic rings. The molecule has 0 unspecified atom stereocenters. The quantitative estimate of drug-likeness (QED) is 0.116. The summed E-state index contributed by atoms with van der Waals surface area (Å²) in [4.78, 5) is 25.9. The second-order valence-electron chi connectivity index (χ2n) is 23.1. The molecule has 3 aliphatic heterocycles. The van der Waals surface area contributed by atoms with Crippen molar-refractivity contribution >= 4 is 11.9 Å². The van der Waals surface area contributed by atoms with E-state index in [1.54, 1.807) is 0 Å². The van der Waals surface area contributed by atoms with Crippen LogP contribution in [-0.4, -0.2) is 168 Å². The van der Waals surface area contributed by atoms with Crippen LogP contribution in [0.1, 0.15) is 113 Å². The lowest BCUT2D eigenvalue weighted by Crippen LogP contribution is -2.68. The van der Waals surface area contributed by atoms with Crippen LogP contribution in [0.5, 0.6) is 0 Å². The number of hydrogen-bond donors (Lipinski definition) is 10. The van der Waals surface area contributed by atoms with Crippen LogP contribution < -0.4 is 0 Å². The fourth-order valence-corrected chi connectivity index (χ4v) is 14.8. The van der Waals surface area contributed by atoms with Gasteiger partial charge in [-0.1, -0.05) is 60.1 Å². The monoisotopic (exact) mass is 926 g/mol. The molecule has 0 bridgehead atoms. The van der Waals surface area contributed by atoms with E-state index in [9.17, 15) is 60.7 Å². The Morgan fingerprint density at radius 1 is 0.692 bits per heavy atom. The number of aliphatic carboxylic acids is 2. The zero-order valence-electron chi connectivity index (χ0n) is 38.7. The van der Waals surface area contributed by atoms with Crippen LogP contribution in [0.3, 0.4) is 0 Å². The Balaban J connectivity index is 1.10. The van der Waals surface area contributed by atoms with Gasteiger partial charge in [0, 0.05) is 0 Å². The van der Waals surface area contributed by atoms with E-state index in [4.69, 9.17) is 28.4 Å². The predicted octanol–water partition coefficient (Wildman–Crippen LogP) is 1.44. The minimum atomic E-state index is -2.05. The molecule has 4 saturated carbocycles. The molecular formula is C47H74O18. The van der Waals surface area contributed by atoms with Gasteiger partial charge in [-0.05, 0) is 109 Å². The first kappa shape index (κ1) is 49.5. The summed E-state index contributed by atoms with van der Waals surface area (Å²) in [7, 11) is 0. The number of fused-ring (bicyclic) bond motifs is 7. The molecule has 5 aliphatic carbocycles. The van der Waals surface area contributed by atoms with Crippen molar-refractivity contribution in [2.24, 2.45) is 50.2 Å². The largest absolute Gasteiger partial charge is 0.481 e. The Hall–Kier alpha value is -1.88. The highest BCUT2D eigenvalue weighted by molar-refractivity contribution is 5.76. The molecule has 8 rings (SSSR count). The van der Waals surface area contributed by atoms with Crippen molar-refractivity contribution in [2.45, 2.75) is 205 Å². The second kappa shape index (κ2) is 17.2. The van der Waals surface area contributed by atoms with Gasteiger partial charge in [0.1, 0.15) is 61.0 Å². The molecule has 10 N–H and O–H groups in total. The molecule has 3 saturated heterocycles. The Labute approximate surface area is 380 Å². The molecule has 0 aromatic carbocycles. The molecule has 8 aliphatic rings. The summed E-state index contributed by atoms with van der Waals surface area (Å²) in [6.45, 7) is 14.7. The number of aliphatic hydroxyl groups is 8. The lowest BCUT2D eigenvalue weighted by atomic mass is 9.33. The van der Waals surface area contributed by atoms with Crippen LogP contribution in [0.4, 0.5) is 0 Å². The first-order valence-electron chi connectivity index (χ1n) is 23.7. The van der Waals surface area contributed by atoms with Crippen molar-refractivity contribution in [1.29, 1.82) is 0 Å². The lowest BCUT2D eigenvalue weighted by Gasteiger charge is -2.71. The number of aliphatic hydroxyl groups excluding tert-OH is 8. The topological polar surface area (TPSA) is 292 Å². The number of ether oxygens (including phenoxy) is 6. The molecule has 0 spiro atoms. The van der Waals surface area contributed by atoms with Gasteiger partial charge in [0.05, 0.1) is 24.7 Å². The molecule has 0 aromatic heterocycles. The van der Waals surface area contributed by atoms with Gasteiger partial charge >= 0.3 is 11.9 Å². The van der Waals surface area contributed by atoms with Crippen LogP contribution >= 0.6 is 0 Å². The number of carboxylic acid groups (broad SMARTS) is 2. The van der Waals surface area contributed by atoms with Crippen LogP contribution in [0.25, 0.3) is 0 Å². The van der Waals surface area contributed by atoms with Crippen LogP contribution in [0.15, 0.2) is 11.6 Å². The van der Waals surface area contributed by atoms with E-state index >= 15 is 0 Å². The van der Waals surface area contributed by atoms with Gasteiger partial charge in [-0.15, -0.1) is 0 Å². The Bertz CT molecular complexity index is 1820. The van der Waals surface area contributed by atoms with E-state index in [2.05, 4.69) is 54.5 Å². The molecule has 3 heterocycles. The van der Waals surface area contributed by atoms with Gasteiger partial charge < -0.3 is 79.5 Å². The highest BCUT2D eigenvalue weighted by Gasteiger charge is 2.70. The third-order valence-corrected chi connectivity index (χ3v) is 18.9. The summed E-state index contributed by atoms with van der Waals surface area (Å²) in [6, 6.07) is 0. The Kier molecular flexibility index (Phi) is 13.1. The summed E-state index contributed by atoms with van der Waals surface area (Å²) in [6.07, 6.45) is -15.3. The van der Waals surface area contributed by atoms with E-state index in [0.717, 1.165) is 44.9 Å². The zero-order valence-corrected chi connectivity index (χ0v) is 38.7. The van der Waals surface area contributed by atoms with Crippen molar-refractivity contribution < 1.29 is 89.1 Å². The van der Waals surface area contributed by atoms with Gasteiger partial charge in [0.2, 0.25) is 0 Å². The van der Waals surface area contributed by atoms with Crippen molar-refractivity contribution in [1.82, 2.24) is 0 Å². The van der Waals surface area contributed by atoms with Gasteiger partial charge in [-0.2, -0.15) is 0 Å². The summed E-state index contributed by atoms with van der Waals surface area (Å²) in [5.41, 5.74) is -0.489. The van der Waals surface area contributed by atoms with Crippen molar-refractivity contribution in [3.8, 4) is 0 Å². The van der Waals surface area contributed by atoms with Crippen molar-refractivity contribution in [2.75, 3.05) is 13.2 Å².